The lowest BCUT2D eigenvalue weighted by Crippen LogP contribution is -2.24. The topological polar surface area (TPSA) is 104 Å². The number of hydrogen-bond acceptors (Lipinski definition) is 6. The molecular formula is C17H15N3O4. The molecule has 2 aromatic carbocycles. The van der Waals surface area contributed by atoms with Gasteiger partial charge < -0.3 is 14.6 Å². The number of phenols is 1. The van der Waals surface area contributed by atoms with Gasteiger partial charge in [0.05, 0.1) is 18.9 Å². The highest BCUT2D eigenvalue weighted by atomic mass is 16.5. The molecule has 0 radical (unpaired) electrons. The zero-order chi connectivity index (χ0) is 17.4. The maximum atomic E-state index is 11.7. The first-order valence-corrected chi connectivity index (χ1v) is 6.95. The van der Waals surface area contributed by atoms with Crippen LogP contribution in [0.4, 0.5) is 0 Å². The van der Waals surface area contributed by atoms with Gasteiger partial charge in [0.2, 0.25) is 0 Å². The lowest BCUT2D eigenvalue weighted by atomic mass is 10.2. The van der Waals surface area contributed by atoms with E-state index in [4.69, 9.17) is 14.7 Å². The van der Waals surface area contributed by atoms with Crippen LogP contribution in [0.5, 0.6) is 17.2 Å². The van der Waals surface area contributed by atoms with Crippen molar-refractivity contribution in [2.24, 2.45) is 5.10 Å². The summed E-state index contributed by atoms with van der Waals surface area (Å²) in [6.45, 7) is -0.269. The third kappa shape index (κ3) is 4.48. The van der Waals surface area contributed by atoms with Crippen molar-refractivity contribution in [2.75, 3.05) is 13.7 Å². The number of benzene rings is 2. The standard InChI is InChI=1S/C17H15N3O4/c1-23-16-8-12(6-7-14(16)21)10-19-20-17(22)11-24-15-5-3-2-4-13(15)9-18/h2-8,10,21H,11H2,1H3,(H,20,22)/b19-10-. The fraction of sp³-hybridized carbons (Fsp3) is 0.118. The van der Waals surface area contributed by atoms with Crippen LogP contribution in [0.1, 0.15) is 11.1 Å². The number of aromatic hydroxyl groups is 1. The Morgan fingerprint density at radius 2 is 2.12 bits per heavy atom. The number of carbonyl (C=O) groups is 1. The first-order chi connectivity index (χ1) is 11.6. The van der Waals surface area contributed by atoms with Crippen molar-refractivity contribution in [1.82, 2.24) is 5.43 Å². The van der Waals surface area contributed by atoms with Gasteiger partial charge in [0.1, 0.15) is 11.8 Å². The van der Waals surface area contributed by atoms with Crippen molar-refractivity contribution in [3.63, 3.8) is 0 Å². The van der Waals surface area contributed by atoms with E-state index >= 15 is 0 Å². The van der Waals surface area contributed by atoms with Crippen LogP contribution >= 0.6 is 0 Å². The van der Waals surface area contributed by atoms with Gasteiger partial charge >= 0.3 is 0 Å². The lowest BCUT2D eigenvalue weighted by molar-refractivity contribution is -0.123. The van der Waals surface area contributed by atoms with E-state index in [1.54, 1.807) is 36.4 Å². The molecule has 122 valence electrons. The van der Waals surface area contributed by atoms with Crippen LogP contribution in [0, 0.1) is 11.3 Å². The third-order valence-corrected chi connectivity index (χ3v) is 2.97. The van der Waals surface area contributed by atoms with E-state index < -0.39 is 5.91 Å². The number of para-hydroxylation sites is 1. The number of methoxy groups -OCH3 is 1. The van der Waals surface area contributed by atoms with Crippen LogP contribution in [0.3, 0.4) is 0 Å². The predicted octanol–water partition coefficient (Wildman–Crippen LogP) is 1.80. The first kappa shape index (κ1) is 16.8. The van der Waals surface area contributed by atoms with Gasteiger partial charge in [0, 0.05) is 0 Å². The fourth-order valence-electron chi connectivity index (χ4n) is 1.81. The summed E-state index contributed by atoms with van der Waals surface area (Å²) in [7, 11) is 1.44. The van der Waals surface area contributed by atoms with Crippen LogP contribution in [-0.2, 0) is 4.79 Å². The van der Waals surface area contributed by atoms with Gasteiger partial charge in [-0.05, 0) is 35.9 Å². The molecule has 0 saturated carbocycles. The minimum absolute atomic E-state index is 0.0169. The molecule has 7 heteroatoms. The Labute approximate surface area is 138 Å². The number of ether oxygens (including phenoxy) is 2. The fourth-order valence-corrected chi connectivity index (χ4v) is 1.81. The third-order valence-electron chi connectivity index (χ3n) is 2.97. The quantitative estimate of drug-likeness (QED) is 0.622. The summed E-state index contributed by atoms with van der Waals surface area (Å²) in [5, 5.41) is 22.2. The first-order valence-electron chi connectivity index (χ1n) is 6.95. The Kier molecular flexibility index (Phi) is 5.75. The van der Waals surface area contributed by atoms with Crippen LogP contribution in [0.2, 0.25) is 0 Å². The molecular weight excluding hydrogens is 310 g/mol. The second-order valence-corrected chi connectivity index (χ2v) is 4.62. The molecule has 0 heterocycles. The molecule has 0 bridgehead atoms. The van der Waals surface area contributed by atoms with Gasteiger partial charge in [-0.15, -0.1) is 0 Å². The average molecular weight is 325 g/mol. The normalized spacial score (nSPS) is 10.2. The largest absolute Gasteiger partial charge is 0.504 e. The van der Waals surface area contributed by atoms with E-state index in [2.05, 4.69) is 10.5 Å². The molecule has 2 N–H and O–H groups in total. The van der Waals surface area contributed by atoms with Gasteiger partial charge in [-0.3, -0.25) is 4.79 Å². The van der Waals surface area contributed by atoms with Crippen molar-refractivity contribution < 1.29 is 19.4 Å². The van der Waals surface area contributed by atoms with Gasteiger partial charge in [0.25, 0.3) is 5.91 Å². The van der Waals surface area contributed by atoms with Gasteiger partial charge in [-0.25, -0.2) is 5.43 Å². The van der Waals surface area contributed by atoms with Crippen molar-refractivity contribution >= 4 is 12.1 Å². The van der Waals surface area contributed by atoms with Gasteiger partial charge in [-0.1, -0.05) is 12.1 Å². The molecule has 0 saturated heterocycles. The monoisotopic (exact) mass is 325 g/mol. The van der Waals surface area contributed by atoms with Crippen molar-refractivity contribution in [1.29, 1.82) is 5.26 Å². The number of phenolic OH excluding ortho intramolecular Hbond substituents is 1. The number of carbonyl (C=O) groups excluding carboxylic acids is 1. The molecule has 0 aliphatic rings. The highest BCUT2D eigenvalue weighted by Crippen LogP contribution is 2.25. The van der Waals surface area contributed by atoms with Crippen molar-refractivity contribution in [3.8, 4) is 23.3 Å². The zero-order valence-electron chi connectivity index (χ0n) is 12.9. The molecule has 0 aliphatic carbocycles. The molecule has 7 nitrogen and oxygen atoms in total. The maximum absolute atomic E-state index is 11.7. The van der Waals surface area contributed by atoms with E-state index in [0.29, 0.717) is 22.6 Å². The lowest BCUT2D eigenvalue weighted by Gasteiger charge is -2.06. The van der Waals surface area contributed by atoms with Crippen molar-refractivity contribution in [2.45, 2.75) is 0 Å². The molecule has 1 amide bonds. The molecule has 0 fully saturated rings. The second kappa shape index (κ2) is 8.19. The highest BCUT2D eigenvalue weighted by Gasteiger charge is 2.05. The predicted molar refractivity (Wildman–Crippen MR) is 87.0 cm³/mol. The number of hydrazone groups is 1. The van der Waals surface area contributed by atoms with Crippen molar-refractivity contribution in [3.05, 3.63) is 53.6 Å². The molecule has 0 atom stereocenters. The van der Waals surface area contributed by atoms with E-state index in [1.165, 1.54) is 19.4 Å². The van der Waals surface area contributed by atoms with Crippen LogP contribution in [0.25, 0.3) is 0 Å². The van der Waals surface area contributed by atoms with Crippen LogP contribution < -0.4 is 14.9 Å². The number of nitriles is 1. The highest BCUT2D eigenvalue weighted by molar-refractivity contribution is 5.83. The smallest absolute Gasteiger partial charge is 0.277 e. The average Bonchev–Trinajstić information content (AvgIpc) is 2.61. The summed E-state index contributed by atoms with van der Waals surface area (Å²) in [5.41, 5.74) is 3.30. The number of rotatable bonds is 6. The number of nitrogens with zero attached hydrogens (tertiary/aromatic N) is 2. The van der Waals surface area contributed by atoms with E-state index in [9.17, 15) is 9.90 Å². The molecule has 2 aromatic rings. The second-order valence-electron chi connectivity index (χ2n) is 4.62. The SMILES string of the molecule is COc1cc(/C=N\NC(=O)COc2ccccc2C#N)ccc1O. The molecule has 0 aliphatic heterocycles. The number of amides is 1. The maximum Gasteiger partial charge on any atom is 0.277 e. The number of hydrogen-bond donors (Lipinski definition) is 2. The Bertz CT molecular complexity index is 797. The Morgan fingerprint density at radius 3 is 2.88 bits per heavy atom. The van der Waals surface area contributed by atoms with E-state index in [1.807, 2.05) is 6.07 Å². The Morgan fingerprint density at radius 1 is 1.33 bits per heavy atom. The van der Waals surface area contributed by atoms with Crippen LogP contribution in [0.15, 0.2) is 47.6 Å². The molecule has 0 unspecified atom stereocenters. The minimum Gasteiger partial charge on any atom is -0.504 e. The zero-order valence-corrected chi connectivity index (χ0v) is 12.9. The molecule has 0 aromatic heterocycles. The van der Waals surface area contributed by atoms with Gasteiger partial charge in [-0.2, -0.15) is 10.4 Å². The minimum atomic E-state index is -0.468. The summed E-state index contributed by atoms with van der Waals surface area (Å²) in [6, 6.07) is 13.3. The summed E-state index contributed by atoms with van der Waals surface area (Å²) in [5.74, 6) is 0.192. The van der Waals surface area contributed by atoms with E-state index in [-0.39, 0.29) is 12.4 Å². The molecule has 24 heavy (non-hydrogen) atoms. The summed E-state index contributed by atoms with van der Waals surface area (Å²) >= 11 is 0. The Balaban J connectivity index is 1.88. The van der Waals surface area contributed by atoms with Crippen LogP contribution in [-0.4, -0.2) is 30.9 Å². The van der Waals surface area contributed by atoms with Gasteiger partial charge in [0.15, 0.2) is 18.1 Å². The van der Waals surface area contributed by atoms with E-state index in [0.717, 1.165) is 0 Å². The Hall–Kier alpha value is -3.53. The summed E-state index contributed by atoms with van der Waals surface area (Å²) in [4.78, 5) is 11.7. The number of nitrogens with one attached hydrogen (secondary N) is 1. The molecule has 2 rings (SSSR count). The summed E-state index contributed by atoms with van der Waals surface area (Å²) in [6.07, 6.45) is 1.41. The molecule has 0 spiro atoms. The summed E-state index contributed by atoms with van der Waals surface area (Å²) < 4.78 is 10.3.